The SMILES string of the molecule is CCNCC1CCN(C)C1c1ccc2ccccc2c1. The van der Waals surface area contributed by atoms with Gasteiger partial charge in [-0.25, -0.2) is 0 Å². The first-order chi connectivity index (χ1) is 9.79. The molecule has 0 spiro atoms. The molecule has 106 valence electrons. The average Bonchev–Trinajstić information content (AvgIpc) is 2.85. The van der Waals surface area contributed by atoms with Gasteiger partial charge >= 0.3 is 0 Å². The molecule has 1 aliphatic heterocycles. The van der Waals surface area contributed by atoms with Gasteiger partial charge in [-0.2, -0.15) is 0 Å². The van der Waals surface area contributed by atoms with Crippen LogP contribution in [0.5, 0.6) is 0 Å². The maximum atomic E-state index is 3.52. The fourth-order valence-electron chi connectivity index (χ4n) is 3.49. The van der Waals surface area contributed by atoms with Gasteiger partial charge in [0, 0.05) is 6.04 Å². The molecule has 0 aromatic heterocycles. The fraction of sp³-hybridized carbons (Fsp3) is 0.444. The molecular formula is C18H24N2. The summed E-state index contributed by atoms with van der Waals surface area (Å²) in [6.45, 7) is 5.57. The number of nitrogens with one attached hydrogen (secondary N) is 1. The molecule has 2 atom stereocenters. The number of hydrogen-bond donors (Lipinski definition) is 1. The highest BCUT2D eigenvalue weighted by Crippen LogP contribution is 2.36. The first kappa shape index (κ1) is 13.6. The maximum absolute atomic E-state index is 3.52. The molecule has 0 saturated carbocycles. The van der Waals surface area contributed by atoms with E-state index >= 15 is 0 Å². The molecule has 20 heavy (non-hydrogen) atoms. The lowest BCUT2D eigenvalue weighted by molar-refractivity contribution is 0.273. The average molecular weight is 268 g/mol. The Morgan fingerprint density at radius 2 is 1.95 bits per heavy atom. The van der Waals surface area contributed by atoms with E-state index in [1.807, 2.05) is 0 Å². The second-order valence-corrected chi connectivity index (χ2v) is 5.89. The van der Waals surface area contributed by atoms with E-state index in [1.165, 1.54) is 29.3 Å². The zero-order valence-electron chi connectivity index (χ0n) is 12.5. The molecule has 0 radical (unpaired) electrons. The molecule has 1 N–H and O–H groups in total. The third kappa shape index (κ3) is 2.58. The Balaban J connectivity index is 1.91. The van der Waals surface area contributed by atoms with Crippen LogP contribution in [0.3, 0.4) is 0 Å². The molecule has 1 aliphatic rings. The van der Waals surface area contributed by atoms with Crippen molar-refractivity contribution in [3.63, 3.8) is 0 Å². The summed E-state index contributed by atoms with van der Waals surface area (Å²) in [5, 5.41) is 6.21. The minimum Gasteiger partial charge on any atom is -0.317 e. The van der Waals surface area contributed by atoms with Gasteiger partial charge in [0.25, 0.3) is 0 Å². The Kier molecular flexibility index (Phi) is 4.04. The molecule has 1 heterocycles. The van der Waals surface area contributed by atoms with E-state index in [9.17, 15) is 0 Å². The predicted molar refractivity (Wildman–Crippen MR) is 86.0 cm³/mol. The topological polar surface area (TPSA) is 15.3 Å². The van der Waals surface area contributed by atoms with Crippen LogP contribution in [-0.4, -0.2) is 31.6 Å². The van der Waals surface area contributed by atoms with Gasteiger partial charge in [-0.05, 0) is 61.4 Å². The summed E-state index contributed by atoms with van der Waals surface area (Å²) in [7, 11) is 2.26. The van der Waals surface area contributed by atoms with E-state index in [4.69, 9.17) is 0 Å². The lowest BCUT2D eigenvalue weighted by Crippen LogP contribution is -2.28. The minimum atomic E-state index is 0.554. The standard InChI is InChI=1S/C18H24N2/c1-3-19-13-17-10-11-20(2)18(17)16-9-8-14-6-4-5-7-15(14)12-16/h4-9,12,17-19H,3,10-11,13H2,1-2H3. The molecule has 2 unspecified atom stereocenters. The van der Waals surface area contributed by atoms with Crippen molar-refractivity contribution < 1.29 is 0 Å². The van der Waals surface area contributed by atoms with Crippen molar-refractivity contribution in [2.75, 3.05) is 26.7 Å². The number of benzene rings is 2. The third-order valence-corrected chi connectivity index (χ3v) is 4.55. The van der Waals surface area contributed by atoms with Gasteiger partial charge < -0.3 is 5.32 Å². The van der Waals surface area contributed by atoms with Crippen molar-refractivity contribution in [2.45, 2.75) is 19.4 Å². The van der Waals surface area contributed by atoms with E-state index < -0.39 is 0 Å². The van der Waals surface area contributed by atoms with Crippen LogP contribution in [0.15, 0.2) is 42.5 Å². The van der Waals surface area contributed by atoms with Gasteiger partial charge in [-0.1, -0.05) is 43.3 Å². The van der Waals surface area contributed by atoms with Gasteiger partial charge in [0.1, 0.15) is 0 Å². The second-order valence-electron chi connectivity index (χ2n) is 5.89. The summed E-state index contributed by atoms with van der Waals surface area (Å²) in [6, 6.07) is 16.1. The Morgan fingerprint density at radius 1 is 1.15 bits per heavy atom. The number of likely N-dealkylation sites (tertiary alicyclic amines) is 1. The Hall–Kier alpha value is -1.38. The molecule has 2 aromatic rings. The smallest absolute Gasteiger partial charge is 0.0386 e. The lowest BCUT2D eigenvalue weighted by atomic mass is 9.92. The van der Waals surface area contributed by atoms with Crippen LogP contribution >= 0.6 is 0 Å². The number of hydrogen-bond acceptors (Lipinski definition) is 2. The largest absolute Gasteiger partial charge is 0.317 e. The third-order valence-electron chi connectivity index (χ3n) is 4.55. The number of fused-ring (bicyclic) bond motifs is 1. The number of nitrogens with zero attached hydrogens (tertiary/aromatic N) is 1. The quantitative estimate of drug-likeness (QED) is 0.913. The van der Waals surface area contributed by atoms with Gasteiger partial charge in [0.2, 0.25) is 0 Å². The van der Waals surface area contributed by atoms with Crippen LogP contribution in [0.1, 0.15) is 24.9 Å². The van der Waals surface area contributed by atoms with Crippen molar-refractivity contribution in [1.29, 1.82) is 0 Å². The van der Waals surface area contributed by atoms with Crippen molar-refractivity contribution in [3.8, 4) is 0 Å². The van der Waals surface area contributed by atoms with Crippen molar-refractivity contribution in [2.24, 2.45) is 5.92 Å². The zero-order chi connectivity index (χ0) is 13.9. The van der Waals surface area contributed by atoms with Crippen LogP contribution in [0, 0.1) is 5.92 Å². The number of rotatable bonds is 4. The molecule has 0 amide bonds. The molecule has 0 bridgehead atoms. The van der Waals surface area contributed by atoms with Crippen LogP contribution in [-0.2, 0) is 0 Å². The molecule has 2 heteroatoms. The van der Waals surface area contributed by atoms with Gasteiger partial charge in [0.15, 0.2) is 0 Å². The first-order valence-corrected chi connectivity index (χ1v) is 7.69. The van der Waals surface area contributed by atoms with E-state index in [1.54, 1.807) is 0 Å². The van der Waals surface area contributed by atoms with Crippen LogP contribution < -0.4 is 5.32 Å². The molecule has 1 fully saturated rings. The monoisotopic (exact) mass is 268 g/mol. The zero-order valence-corrected chi connectivity index (χ0v) is 12.5. The van der Waals surface area contributed by atoms with Crippen LogP contribution in [0.25, 0.3) is 10.8 Å². The summed E-state index contributed by atoms with van der Waals surface area (Å²) < 4.78 is 0. The molecule has 2 aromatic carbocycles. The van der Waals surface area contributed by atoms with E-state index in [2.05, 4.69) is 66.7 Å². The predicted octanol–water partition coefficient (Wildman–Crippen LogP) is 3.44. The van der Waals surface area contributed by atoms with E-state index in [0.29, 0.717) is 6.04 Å². The molecule has 2 nitrogen and oxygen atoms in total. The summed E-state index contributed by atoms with van der Waals surface area (Å²) in [5.41, 5.74) is 1.46. The fourth-order valence-corrected chi connectivity index (χ4v) is 3.49. The van der Waals surface area contributed by atoms with Crippen molar-refractivity contribution in [3.05, 3.63) is 48.0 Å². The van der Waals surface area contributed by atoms with Gasteiger partial charge in [0.05, 0.1) is 0 Å². The van der Waals surface area contributed by atoms with Crippen LogP contribution in [0.4, 0.5) is 0 Å². The summed E-state index contributed by atoms with van der Waals surface area (Å²) in [5.74, 6) is 0.723. The molecular weight excluding hydrogens is 244 g/mol. The second kappa shape index (κ2) is 5.94. The van der Waals surface area contributed by atoms with Gasteiger partial charge in [-0.15, -0.1) is 0 Å². The molecule has 3 rings (SSSR count). The highest BCUT2D eigenvalue weighted by Gasteiger charge is 2.32. The summed E-state index contributed by atoms with van der Waals surface area (Å²) in [4.78, 5) is 2.51. The highest BCUT2D eigenvalue weighted by molar-refractivity contribution is 5.83. The van der Waals surface area contributed by atoms with Crippen LogP contribution in [0.2, 0.25) is 0 Å². The first-order valence-electron chi connectivity index (χ1n) is 7.69. The Bertz CT molecular complexity index is 578. The Morgan fingerprint density at radius 3 is 2.75 bits per heavy atom. The van der Waals surface area contributed by atoms with Crippen molar-refractivity contribution >= 4 is 10.8 Å². The molecule has 0 aliphatic carbocycles. The minimum absolute atomic E-state index is 0.554. The summed E-state index contributed by atoms with van der Waals surface area (Å²) in [6.07, 6.45) is 1.29. The maximum Gasteiger partial charge on any atom is 0.0386 e. The van der Waals surface area contributed by atoms with E-state index in [-0.39, 0.29) is 0 Å². The normalized spacial score (nSPS) is 23.5. The van der Waals surface area contributed by atoms with Crippen molar-refractivity contribution in [1.82, 2.24) is 10.2 Å². The highest BCUT2D eigenvalue weighted by atomic mass is 15.2. The summed E-state index contributed by atoms with van der Waals surface area (Å²) >= 11 is 0. The lowest BCUT2D eigenvalue weighted by Gasteiger charge is -2.26. The van der Waals surface area contributed by atoms with Gasteiger partial charge in [-0.3, -0.25) is 4.90 Å². The van der Waals surface area contributed by atoms with E-state index in [0.717, 1.165) is 19.0 Å². The molecule has 1 saturated heterocycles. The Labute approximate surface area is 121 Å².